The summed E-state index contributed by atoms with van der Waals surface area (Å²) in [4.78, 5) is 0.393. The Balaban J connectivity index is 2.07. The van der Waals surface area contributed by atoms with Crippen LogP contribution in [0.25, 0.3) is 0 Å². The Hall–Kier alpha value is -1.58. The van der Waals surface area contributed by atoms with Gasteiger partial charge in [0.25, 0.3) is 0 Å². The molecule has 0 bridgehead atoms. The smallest absolute Gasteiger partial charge is 0.120 e. The fraction of sp³-hybridized carbons (Fsp3) is 0.133. The Bertz CT molecular complexity index is 613. The summed E-state index contributed by atoms with van der Waals surface area (Å²) in [6, 6.07) is 13.3. The molecule has 4 heteroatoms. The van der Waals surface area contributed by atoms with E-state index >= 15 is 0 Å². The second kappa shape index (κ2) is 6.04. The summed E-state index contributed by atoms with van der Waals surface area (Å²) < 4.78 is 5.72. The summed E-state index contributed by atoms with van der Waals surface area (Å²) in [5.41, 5.74) is 8.47. The highest BCUT2D eigenvalue weighted by Crippen LogP contribution is 2.21. The molecule has 0 aliphatic heterocycles. The van der Waals surface area contributed by atoms with Gasteiger partial charge in [0.05, 0.1) is 0 Å². The molecule has 0 spiro atoms. The van der Waals surface area contributed by atoms with Gasteiger partial charge in [-0.3, -0.25) is 0 Å². The molecule has 0 radical (unpaired) electrons. The minimum absolute atomic E-state index is 0.393. The lowest BCUT2D eigenvalue weighted by Crippen LogP contribution is -2.09. The minimum Gasteiger partial charge on any atom is -0.489 e. The third-order valence-corrected chi connectivity index (χ3v) is 3.41. The second-order valence-electron chi connectivity index (χ2n) is 4.26. The van der Waals surface area contributed by atoms with E-state index in [1.165, 1.54) is 0 Å². The molecule has 2 N–H and O–H groups in total. The normalized spacial score (nSPS) is 10.2. The third kappa shape index (κ3) is 3.69. The van der Waals surface area contributed by atoms with Gasteiger partial charge >= 0.3 is 0 Å². The van der Waals surface area contributed by atoms with Gasteiger partial charge in [-0.1, -0.05) is 42.0 Å². The molecule has 2 rings (SSSR count). The first kappa shape index (κ1) is 13.8. The summed E-state index contributed by atoms with van der Waals surface area (Å²) in [5, 5.41) is 0.739. The molecule has 0 aromatic heterocycles. The maximum Gasteiger partial charge on any atom is 0.120 e. The fourth-order valence-electron chi connectivity index (χ4n) is 1.69. The van der Waals surface area contributed by atoms with Crippen LogP contribution in [-0.2, 0) is 6.61 Å². The van der Waals surface area contributed by atoms with Crippen LogP contribution in [0.2, 0.25) is 5.02 Å². The number of rotatable bonds is 4. The van der Waals surface area contributed by atoms with Crippen LogP contribution < -0.4 is 10.5 Å². The molecule has 0 aliphatic carbocycles. The van der Waals surface area contributed by atoms with Crippen LogP contribution in [0.5, 0.6) is 5.75 Å². The molecule has 0 fully saturated rings. The highest BCUT2D eigenvalue weighted by atomic mass is 35.5. The minimum atomic E-state index is 0.393. The van der Waals surface area contributed by atoms with Gasteiger partial charge in [-0.05, 0) is 42.3 Å². The van der Waals surface area contributed by atoms with Crippen LogP contribution in [0.15, 0.2) is 42.5 Å². The van der Waals surface area contributed by atoms with Crippen molar-refractivity contribution in [3.05, 3.63) is 64.2 Å². The quantitative estimate of drug-likeness (QED) is 0.869. The van der Waals surface area contributed by atoms with Crippen molar-refractivity contribution in [3.8, 4) is 5.75 Å². The number of aryl methyl sites for hydroxylation is 1. The maximum absolute atomic E-state index is 5.97. The zero-order valence-corrected chi connectivity index (χ0v) is 12.1. The third-order valence-electron chi connectivity index (χ3n) is 2.75. The molecule has 0 unspecified atom stereocenters. The summed E-state index contributed by atoms with van der Waals surface area (Å²) in [7, 11) is 0. The molecule has 0 heterocycles. The topological polar surface area (TPSA) is 35.2 Å². The predicted molar refractivity (Wildman–Crippen MR) is 82.9 cm³/mol. The first-order valence-electron chi connectivity index (χ1n) is 5.84. The van der Waals surface area contributed by atoms with E-state index in [1.54, 1.807) is 0 Å². The summed E-state index contributed by atoms with van der Waals surface area (Å²) in [6.07, 6.45) is 0. The highest BCUT2D eigenvalue weighted by Gasteiger charge is 2.01. The van der Waals surface area contributed by atoms with E-state index in [4.69, 9.17) is 34.3 Å². The zero-order chi connectivity index (χ0) is 13.8. The average Bonchev–Trinajstić information content (AvgIpc) is 2.40. The van der Waals surface area contributed by atoms with Crippen LogP contribution in [-0.4, -0.2) is 4.99 Å². The van der Waals surface area contributed by atoms with Crippen LogP contribution in [0.4, 0.5) is 0 Å². The molecule has 0 amide bonds. The van der Waals surface area contributed by atoms with E-state index in [2.05, 4.69) is 0 Å². The van der Waals surface area contributed by atoms with E-state index < -0.39 is 0 Å². The van der Waals surface area contributed by atoms with Gasteiger partial charge in [0.1, 0.15) is 17.3 Å². The van der Waals surface area contributed by atoms with E-state index in [-0.39, 0.29) is 0 Å². The van der Waals surface area contributed by atoms with Crippen molar-refractivity contribution >= 4 is 28.8 Å². The number of benzene rings is 2. The first-order valence-corrected chi connectivity index (χ1v) is 6.62. The Morgan fingerprint density at radius 2 is 2.05 bits per heavy atom. The number of thiocarbonyl (C=S) groups is 1. The molecule has 19 heavy (non-hydrogen) atoms. The lowest BCUT2D eigenvalue weighted by Gasteiger charge is -2.09. The molecular formula is C15H14ClNOS. The molecule has 98 valence electrons. The monoisotopic (exact) mass is 291 g/mol. The average molecular weight is 292 g/mol. The van der Waals surface area contributed by atoms with Crippen molar-refractivity contribution in [3.63, 3.8) is 0 Å². The standard InChI is InChI=1S/C15H14ClNOS/c1-10-7-13(5-6-14(10)16)18-9-11-3-2-4-12(8-11)15(17)19/h2-8H,9H2,1H3,(H2,17,19). The lowest BCUT2D eigenvalue weighted by atomic mass is 10.1. The molecule has 0 atom stereocenters. The number of halogens is 1. The summed E-state index contributed by atoms with van der Waals surface area (Å²) in [5.74, 6) is 0.794. The van der Waals surface area contributed by atoms with Gasteiger partial charge in [-0.15, -0.1) is 0 Å². The van der Waals surface area contributed by atoms with E-state index in [1.807, 2.05) is 49.4 Å². The van der Waals surface area contributed by atoms with Crippen LogP contribution in [0.3, 0.4) is 0 Å². The Labute approximate surface area is 123 Å². The molecule has 0 saturated carbocycles. The van der Waals surface area contributed by atoms with Gasteiger partial charge in [-0.25, -0.2) is 0 Å². The van der Waals surface area contributed by atoms with Crippen molar-refractivity contribution in [1.82, 2.24) is 0 Å². The van der Waals surface area contributed by atoms with Crippen LogP contribution in [0, 0.1) is 6.92 Å². The van der Waals surface area contributed by atoms with Crippen molar-refractivity contribution in [2.45, 2.75) is 13.5 Å². The summed E-state index contributed by atoms with van der Waals surface area (Å²) in [6.45, 7) is 2.42. The molecular weight excluding hydrogens is 278 g/mol. The van der Waals surface area contributed by atoms with Crippen LogP contribution in [0.1, 0.15) is 16.7 Å². The fourth-order valence-corrected chi connectivity index (χ4v) is 1.93. The highest BCUT2D eigenvalue weighted by molar-refractivity contribution is 7.80. The molecule has 2 aromatic rings. The van der Waals surface area contributed by atoms with Gasteiger partial charge in [-0.2, -0.15) is 0 Å². The first-order chi connectivity index (χ1) is 9.06. The van der Waals surface area contributed by atoms with Gasteiger partial charge < -0.3 is 10.5 Å². The molecule has 2 aromatic carbocycles. The largest absolute Gasteiger partial charge is 0.489 e. The second-order valence-corrected chi connectivity index (χ2v) is 5.11. The molecule has 0 saturated heterocycles. The Morgan fingerprint density at radius 1 is 1.26 bits per heavy atom. The van der Waals surface area contributed by atoms with Crippen molar-refractivity contribution < 1.29 is 4.74 Å². The van der Waals surface area contributed by atoms with Gasteiger partial charge in [0.15, 0.2) is 0 Å². The van der Waals surface area contributed by atoms with E-state index in [9.17, 15) is 0 Å². The van der Waals surface area contributed by atoms with E-state index in [0.29, 0.717) is 11.6 Å². The van der Waals surface area contributed by atoms with Crippen molar-refractivity contribution in [2.24, 2.45) is 5.73 Å². The SMILES string of the molecule is Cc1cc(OCc2cccc(C(N)=S)c2)ccc1Cl. The van der Waals surface area contributed by atoms with Crippen molar-refractivity contribution in [1.29, 1.82) is 0 Å². The number of hydrogen-bond donors (Lipinski definition) is 1. The molecule has 0 aliphatic rings. The Kier molecular flexibility index (Phi) is 4.40. The Morgan fingerprint density at radius 3 is 2.74 bits per heavy atom. The predicted octanol–water partition coefficient (Wildman–Crippen LogP) is 3.86. The van der Waals surface area contributed by atoms with Crippen molar-refractivity contribution in [2.75, 3.05) is 0 Å². The maximum atomic E-state index is 5.97. The van der Waals surface area contributed by atoms with Gasteiger partial charge in [0, 0.05) is 10.6 Å². The zero-order valence-electron chi connectivity index (χ0n) is 10.5. The summed E-state index contributed by atoms with van der Waals surface area (Å²) >= 11 is 10.9. The lowest BCUT2D eigenvalue weighted by molar-refractivity contribution is 0.306. The number of hydrogen-bond acceptors (Lipinski definition) is 2. The number of ether oxygens (including phenoxy) is 1. The van der Waals surface area contributed by atoms with Gasteiger partial charge in [0.2, 0.25) is 0 Å². The van der Waals surface area contributed by atoms with Crippen LogP contribution >= 0.6 is 23.8 Å². The molecule has 2 nitrogen and oxygen atoms in total. The van der Waals surface area contributed by atoms with E-state index in [0.717, 1.165) is 27.5 Å². The number of nitrogens with two attached hydrogens (primary N) is 1.